The fraction of sp³-hybridized carbons (Fsp3) is 0.118. The van der Waals surface area contributed by atoms with Crippen molar-refractivity contribution in [1.29, 1.82) is 0 Å². The van der Waals surface area contributed by atoms with Gasteiger partial charge in [-0.25, -0.2) is 4.79 Å². The van der Waals surface area contributed by atoms with Gasteiger partial charge in [-0.3, -0.25) is 9.59 Å². The van der Waals surface area contributed by atoms with Gasteiger partial charge in [0.2, 0.25) is 5.91 Å². The standard InChI is InChI=1S/C17H14ClN5O3/c1-11(24)12-5-4-6-13(9-12)19-16(25)10-22-17(26)23(21-20-22)15-8-3-2-7-14(15)18/h2-9H,10H2,1H3,(H,19,25). The topological polar surface area (TPSA) is 98.9 Å². The fourth-order valence-corrected chi connectivity index (χ4v) is 2.52. The number of ketones is 1. The minimum atomic E-state index is -0.592. The minimum absolute atomic E-state index is 0.111. The summed E-state index contributed by atoms with van der Waals surface area (Å²) in [6, 6.07) is 13.2. The van der Waals surface area contributed by atoms with Crippen LogP contribution in [0.15, 0.2) is 53.3 Å². The van der Waals surface area contributed by atoms with Gasteiger partial charge in [0, 0.05) is 11.3 Å². The van der Waals surface area contributed by atoms with Crippen molar-refractivity contribution in [2.24, 2.45) is 0 Å². The van der Waals surface area contributed by atoms with E-state index < -0.39 is 11.6 Å². The number of halogens is 1. The zero-order valence-corrected chi connectivity index (χ0v) is 14.5. The van der Waals surface area contributed by atoms with Gasteiger partial charge >= 0.3 is 5.69 Å². The average molecular weight is 372 g/mol. The third-order valence-electron chi connectivity index (χ3n) is 3.57. The maximum absolute atomic E-state index is 12.4. The number of nitrogens with one attached hydrogen (secondary N) is 1. The van der Waals surface area contributed by atoms with Crippen molar-refractivity contribution >= 4 is 29.0 Å². The molecule has 0 bridgehead atoms. The van der Waals surface area contributed by atoms with E-state index in [9.17, 15) is 14.4 Å². The smallest absolute Gasteiger partial charge is 0.324 e. The Bertz CT molecular complexity index is 1040. The number of hydrogen-bond acceptors (Lipinski definition) is 5. The van der Waals surface area contributed by atoms with Gasteiger partial charge in [-0.05, 0) is 41.6 Å². The number of amides is 1. The highest BCUT2D eigenvalue weighted by molar-refractivity contribution is 6.32. The van der Waals surface area contributed by atoms with Gasteiger partial charge in [-0.15, -0.1) is 0 Å². The molecule has 8 nitrogen and oxygen atoms in total. The first-order valence-corrected chi connectivity index (χ1v) is 8.02. The number of carbonyl (C=O) groups is 2. The summed E-state index contributed by atoms with van der Waals surface area (Å²) in [5.74, 6) is -0.584. The number of Topliss-reactive ketones (excluding diaryl/α,β-unsaturated/α-hetero) is 1. The van der Waals surface area contributed by atoms with Crippen LogP contribution in [0.25, 0.3) is 5.69 Å². The number of anilines is 1. The summed E-state index contributed by atoms with van der Waals surface area (Å²) in [6.07, 6.45) is 0. The molecule has 0 spiro atoms. The second-order valence-corrected chi connectivity index (χ2v) is 5.87. The number of rotatable bonds is 5. The maximum atomic E-state index is 12.4. The summed E-state index contributed by atoms with van der Waals surface area (Å²) in [4.78, 5) is 35.9. The van der Waals surface area contributed by atoms with E-state index in [1.165, 1.54) is 6.92 Å². The lowest BCUT2D eigenvalue weighted by Gasteiger charge is -2.05. The molecule has 0 aliphatic rings. The molecule has 3 aromatic rings. The normalized spacial score (nSPS) is 10.5. The highest BCUT2D eigenvalue weighted by Crippen LogP contribution is 2.16. The molecule has 1 heterocycles. The Morgan fingerprint density at radius 3 is 2.62 bits per heavy atom. The highest BCUT2D eigenvalue weighted by atomic mass is 35.5. The van der Waals surface area contributed by atoms with Gasteiger partial charge < -0.3 is 5.32 Å². The Balaban J connectivity index is 1.77. The molecule has 0 fully saturated rings. The molecule has 9 heteroatoms. The van der Waals surface area contributed by atoms with E-state index in [0.29, 0.717) is 22.0 Å². The summed E-state index contributed by atoms with van der Waals surface area (Å²) < 4.78 is 1.94. The van der Waals surface area contributed by atoms with Gasteiger partial charge in [0.05, 0.1) is 10.7 Å². The third-order valence-corrected chi connectivity index (χ3v) is 3.89. The molecule has 0 radical (unpaired) electrons. The van der Waals surface area contributed by atoms with Crippen molar-refractivity contribution in [2.45, 2.75) is 13.5 Å². The van der Waals surface area contributed by atoms with Crippen molar-refractivity contribution in [1.82, 2.24) is 19.8 Å². The molecule has 0 saturated heterocycles. The van der Waals surface area contributed by atoms with Crippen LogP contribution in [0.1, 0.15) is 17.3 Å². The second-order valence-electron chi connectivity index (χ2n) is 5.47. The first-order chi connectivity index (χ1) is 12.5. The molecular weight excluding hydrogens is 358 g/mol. The summed E-state index contributed by atoms with van der Waals surface area (Å²) in [5, 5.41) is 10.4. The SMILES string of the molecule is CC(=O)c1cccc(NC(=O)Cn2nnn(-c3ccccc3Cl)c2=O)c1. The predicted octanol–water partition coefficient (Wildman–Crippen LogP) is 1.92. The van der Waals surface area contributed by atoms with E-state index in [1.54, 1.807) is 48.5 Å². The number of tetrazole rings is 1. The van der Waals surface area contributed by atoms with E-state index in [2.05, 4.69) is 15.7 Å². The van der Waals surface area contributed by atoms with Crippen molar-refractivity contribution in [3.05, 3.63) is 69.6 Å². The van der Waals surface area contributed by atoms with Crippen LogP contribution in [0.3, 0.4) is 0 Å². The molecule has 0 aliphatic heterocycles. The largest absolute Gasteiger partial charge is 0.369 e. The monoisotopic (exact) mass is 371 g/mol. The molecule has 3 rings (SSSR count). The van der Waals surface area contributed by atoms with Crippen LogP contribution >= 0.6 is 11.6 Å². The summed E-state index contributed by atoms with van der Waals surface area (Å²) in [6.45, 7) is 1.11. The van der Waals surface area contributed by atoms with E-state index in [-0.39, 0.29) is 12.3 Å². The number of para-hydroxylation sites is 1. The van der Waals surface area contributed by atoms with Crippen LogP contribution in [0.2, 0.25) is 5.02 Å². The lowest BCUT2D eigenvalue weighted by molar-refractivity contribution is -0.117. The zero-order chi connectivity index (χ0) is 18.7. The Hall–Kier alpha value is -3.26. The molecule has 0 atom stereocenters. The van der Waals surface area contributed by atoms with Gasteiger partial charge in [0.15, 0.2) is 5.78 Å². The first kappa shape index (κ1) is 17.6. The van der Waals surface area contributed by atoms with E-state index >= 15 is 0 Å². The van der Waals surface area contributed by atoms with Crippen molar-refractivity contribution in [3.8, 4) is 5.69 Å². The van der Waals surface area contributed by atoms with Gasteiger partial charge in [-0.2, -0.15) is 9.36 Å². The van der Waals surface area contributed by atoms with Crippen molar-refractivity contribution in [3.63, 3.8) is 0 Å². The number of carbonyl (C=O) groups excluding carboxylic acids is 2. The van der Waals surface area contributed by atoms with Crippen LogP contribution < -0.4 is 11.0 Å². The molecule has 132 valence electrons. The lowest BCUT2D eigenvalue weighted by Crippen LogP contribution is -2.29. The van der Waals surface area contributed by atoms with Crippen LogP contribution in [-0.4, -0.2) is 31.5 Å². The summed E-state index contributed by atoms with van der Waals surface area (Å²) in [7, 11) is 0. The van der Waals surface area contributed by atoms with Crippen LogP contribution in [0, 0.1) is 0 Å². The number of nitrogens with zero attached hydrogens (tertiary/aromatic N) is 4. The average Bonchev–Trinajstić information content (AvgIpc) is 2.96. The second kappa shape index (κ2) is 7.32. The minimum Gasteiger partial charge on any atom is -0.324 e. The predicted molar refractivity (Wildman–Crippen MR) is 95.7 cm³/mol. The van der Waals surface area contributed by atoms with Crippen LogP contribution in [0.5, 0.6) is 0 Å². The molecule has 0 saturated carbocycles. The Labute approximate surface area is 153 Å². The zero-order valence-electron chi connectivity index (χ0n) is 13.7. The van der Waals surface area contributed by atoms with Gasteiger partial charge in [-0.1, -0.05) is 35.9 Å². The molecule has 0 unspecified atom stereocenters. The van der Waals surface area contributed by atoms with Crippen molar-refractivity contribution < 1.29 is 9.59 Å². The third kappa shape index (κ3) is 3.70. The lowest BCUT2D eigenvalue weighted by atomic mass is 10.1. The Morgan fingerprint density at radius 1 is 1.12 bits per heavy atom. The summed E-state index contributed by atoms with van der Waals surface area (Å²) >= 11 is 6.05. The number of benzene rings is 2. The fourth-order valence-electron chi connectivity index (χ4n) is 2.30. The maximum Gasteiger partial charge on any atom is 0.369 e. The molecular formula is C17H14ClN5O3. The van der Waals surface area contributed by atoms with Crippen LogP contribution in [-0.2, 0) is 11.3 Å². The van der Waals surface area contributed by atoms with Crippen LogP contribution in [0.4, 0.5) is 5.69 Å². The number of hydrogen-bond donors (Lipinski definition) is 1. The Kier molecular flexibility index (Phi) is 4.94. The quantitative estimate of drug-likeness (QED) is 0.691. The van der Waals surface area contributed by atoms with Gasteiger partial charge in [0.25, 0.3) is 0 Å². The molecule has 1 amide bonds. The summed E-state index contributed by atoms with van der Waals surface area (Å²) in [5.41, 5.74) is 0.713. The van der Waals surface area contributed by atoms with E-state index in [1.807, 2.05) is 0 Å². The molecule has 0 aliphatic carbocycles. The molecule has 26 heavy (non-hydrogen) atoms. The first-order valence-electron chi connectivity index (χ1n) is 7.64. The van der Waals surface area contributed by atoms with Gasteiger partial charge in [0.1, 0.15) is 6.54 Å². The Morgan fingerprint density at radius 2 is 1.88 bits per heavy atom. The van der Waals surface area contributed by atoms with E-state index in [0.717, 1.165) is 9.36 Å². The highest BCUT2D eigenvalue weighted by Gasteiger charge is 2.14. The molecule has 1 N–H and O–H groups in total. The molecule has 1 aromatic heterocycles. The van der Waals surface area contributed by atoms with E-state index in [4.69, 9.17) is 11.6 Å². The van der Waals surface area contributed by atoms with Crippen molar-refractivity contribution in [2.75, 3.05) is 5.32 Å². The number of aromatic nitrogens is 4. The molecule has 2 aromatic carbocycles.